The maximum atomic E-state index is 12.6. The molecule has 0 aliphatic rings. The van der Waals surface area contributed by atoms with Crippen molar-refractivity contribution in [3.63, 3.8) is 0 Å². The van der Waals surface area contributed by atoms with Crippen molar-refractivity contribution in [2.45, 2.75) is 57.8 Å². The Morgan fingerprint density at radius 2 is 2.00 bits per heavy atom. The van der Waals surface area contributed by atoms with Crippen molar-refractivity contribution < 1.29 is 19.4 Å². The molecule has 0 fully saturated rings. The van der Waals surface area contributed by atoms with Gasteiger partial charge >= 0.3 is 5.97 Å². The van der Waals surface area contributed by atoms with Gasteiger partial charge in [-0.3, -0.25) is 14.9 Å². The first-order chi connectivity index (χ1) is 16.1. The van der Waals surface area contributed by atoms with Crippen LogP contribution in [0.2, 0.25) is 0 Å². The summed E-state index contributed by atoms with van der Waals surface area (Å²) in [6, 6.07) is 8.67. The Labute approximate surface area is 191 Å². The summed E-state index contributed by atoms with van der Waals surface area (Å²) in [6.07, 6.45) is 8.76. The first kappa shape index (κ1) is 24.2. The van der Waals surface area contributed by atoms with Crippen LogP contribution in [0.1, 0.15) is 37.1 Å². The zero-order chi connectivity index (χ0) is 23.3. The molecular weight excluding hydrogens is 426 g/mol. The average Bonchev–Trinajstić information content (AvgIpc) is 3.48. The standard InChI is InChI=1S/C22H29N7O4/c30-20(19(13-22(31)32)24-17-33-15-18-7-3-1-4-8-18)14-29-26-21(25-27-29)9-5-2-6-11-28-12-10-23-16-28/h1,3-4,7-8,10,12,16,19,24H,2,5-6,9,11,13-15,17H2,(H,31,32). The number of carboxylic acids is 1. The molecule has 1 aromatic carbocycles. The molecule has 0 saturated carbocycles. The predicted octanol–water partition coefficient (Wildman–Crippen LogP) is 1.46. The Hall–Kier alpha value is -3.44. The number of nitrogens with one attached hydrogen (secondary N) is 1. The fraction of sp³-hybridized carbons (Fsp3) is 0.455. The maximum Gasteiger partial charge on any atom is 0.305 e. The molecule has 1 unspecified atom stereocenters. The Kier molecular flexibility index (Phi) is 9.67. The lowest BCUT2D eigenvalue weighted by molar-refractivity contribution is -0.140. The fourth-order valence-electron chi connectivity index (χ4n) is 3.24. The van der Waals surface area contributed by atoms with E-state index < -0.39 is 12.0 Å². The highest BCUT2D eigenvalue weighted by Crippen LogP contribution is 2.04. The number of hydrogen-bond acceptors (Lipinski definition) is 8. The van der Waals surface area contributed by atoms with E-state index in [1.54, 1.807) is 12.5 Å². The quantitative estimate of drug-likeness (QED) is 0.243. The maximum absolute atomic E-state index is 12.6. The van der Waals surface area contributed by atoms with E-state index in [4.69, 9.17) is 9.84 Å². The third-order valence-electron chi connectivity index (χ3n) is 4.98. The molecule has 33 heavy (non-hydrogen) atoms. The predicted molar refractivity (Wildman–Crippen MR) is 118 cm³/mol. The van der Waals surface area contributed by atoms with Crippen LogP contribution in [0.5, 0.6) is 0 Å². The number of aromatic nitrogens is 6. The van der Waals surface area contributed by atoms with Gasteiger partial charge in [-0.1, -0.05) is 36.8 Å². The van der Waals surface area contributed by atoms with E-state index in [1.165, 1.54) is 4.80 Å². The first-order valence-electron chi connectivity index (χ1n) is 10.9. The van der Waals surface area contributed by atoms with E-state index in [-0.39, 0.29) is 25.5 Å². The van der Waals surface area contributed by atoms with Gasteiger partial charge in [0, 0.05) is 25.4 Å². The Bertz CT molecular complexity index is 976. The Balaban J connectivity index is 1.38. The van der Waals surface area contributed by atoms with E-state index in [1.807, 2.05) is 41.1 Å². The number of carbonyl (C=O) groups excluding carboxylic acids is 1. The molecule has 2 heterocycles. The Morgan fingerprint density at radius 3 is 2.76 bits per heavy atom. The van der Waals surface area contributed by atoms with Crippen molar-refractivity contribution in [2.24, 2.45) is 0 Å². The lowest BCUT2D eigenvalue weighted by Gasteiger charge is -2.15. The zero-order valence-corrected chi connectivity index (χ0v) is 18.4. The van der Waals surface area contributed by atoms with E-state index in [2.05, 4.69) is 25.7 Å². The largest absolute Gasteiger partial charge is 0.481 e. The number of tetrazole rings is 1. The highest BCUT2D eigenvalue weighted by Gasteiger charge is 2.22. The summed E-state index contributed by atoms with van der Waals surface area (Å²) in [6.45, 7) is 1.17. The molecular formula is C22H29N7O4. The second-order valence-corrected chi connectivity index (χ2v) is 7.65. The molecule has 0 spiro atoms. The minimum atomic E-state index is -1.08. The van der Waals surface area contributed by atoms with Crippen LogP contribution in [-0.2, 0) is 40.4 Å². The van der Waals surface area contributed by atoms with Gasteiger partial charge in [0.05, 0.1) is 32.1 Å². The lowest BCUT2D eigenvalue weighted by Crippen LogP contribution is -2.41. The number of unbranched alkanes of at least 4 members (excludes halogenated alkanes) is 2. The molecule has 176 valence electrons. The van der Waals surface area contributed by atoms with Crippen LogP contribution in [0.4, 0.5) is 0 Å². The molecule has 0 radical (unpaired) electrons. The number of carbonyl (C=O) groups is 2. The van der Waals surface area contributed by atoms with E-state index in [0.29, 0.717) is 18.9 Å². The smallest absolute Gasteiger partial charge is 0.305 e. The molecule has 0 saturated heterocycles. The van der Waals surface area contributed by atoms with Crippen molar-refractivity contribution in [1.29, 1.82) is 0 Å². The zero-order valence-electron chi connectivity index (χ0n) is 18.4. The molecule has 0 aliphatic heterocycles. The third kappa shape index (κ3) is 8.91. The van der Waals surface area contributed by atoms with Gasteiger partial charge in [-0.25, -0.2) is 4.98 Å². The molecule has 3 rings (SSSR count). The number of Topliss-reactive ketones (excluding diaryl/α,β-unsaturated/α-hetero) is 1. The van der Waals surface area contributed by atoms with E-state index in [0.717, 1.165) is 31.4 Å². The van der Waals surface area contributed by atoms with Gasteiger partial charge in [-0.2, -0.15) is 4.80 Å². The van der Waals surface area contributed by atoms with Crippen molar-refractivity contribution >= 4 is 11.8 Å². The van der Waals surface area contributed by atoms with Crippen LogP contribution < -0.4 is 5.32 Å². The number of ether oxygens (including phenoxy) is 1. The van der Waals surface area contributed by atoms with Gasteiger partial charge in [0.1, 0.15) is 6.54 Å². The summed E-state index contributed by atoms with van der Waals surface area (Å²) in [4.78, 5) is 29.0. The molecule has 1 atom stereocenters. The topological polar surface area (TPSA) is 137 Å². The molecule has 11 nitrogen and oxygen atoms in total. The van der Waals surface area contributed by atoms with Gasteiger partial charge in [0.2, 0.25) is 0 Å². The van der Waals surface area contributed by atoms with Crippen molar-refractivity contribution in [3.8, 4) is 0 Å². The van der Waals surface area contributed by atoms with Crippen LogP contribution in [0.25, 0.3) is 0 Å². The van der Waals surface area contributed by atoms with Crippen LogP contribution in [0.3, 0.4) is 0 Å². The lowest BCUT2D eigenvalue weighted by atomic mass is 10.1. The molecule has 3 aromatic rings. The molecule has 0 bridgehead atoms. The number of aliphatic carboxylic acids is 1. The average molecular weight is 456 g/mol. The van der Waals surface area contributed by atoms with Gasteiger partial charge in [0.25, 0.3) is 0 Å². The van der Waals surface area contributed by atoms with Gasteiger partial charge in [0.15, 0.2) is 11.6 Å². The van der Waals surface area contributed by atoms with Gasteiger partial charge in [-0.05, 0) is 23.6 Å². The monoisotopic (exact) mass is 455 g/mol. The first-order valence-corrected chi connectivity index (χ1v) is 10.9. The number of rotatable bonds is 16. The van der Waals surface area contributed by atoms with Crippen molar-refractivity contribution in [2.75, 3.05) is 6.73 Å². The summed E-state index contributed by atoms with van der Waals surface area (Å²) < 4.78 is 7.55. The number of ketones is 1. The van der Waals surface area contributed by atoms with Crippen molar-refractivity contribution in [1.82, 2.24) is 35.1 Å². The van der Waals surface area contributed by atoms with Crippen LogP contribution in [-0.4, -0.2) is 59.4 Å². The van der Waals surface area contributed by atoms with Crippen LogP contribution in [0, 0.1) is 0 Å². The SMILES string of the molecule is O=C(O)CC(NCOCc1ccccc1)C(=O)Cn1nnc(CCCCCn2ccnc2)n1. The molecule has 0 amide bonds. The number of imidazole rings is 1. The highest BCUT2D eigenvalue weighted by molar-refractivity contribution is 5.87. The van der Waals surface area contributed by atoms with Crippen molar-refractivity contribution in [3.05, 3.63) is 60.4 Å². The Morgan fingerprint density at radius 1 is 1.15 bits per heavy atom. The minimum Gasteiger partial charge on any atom is -0.481 e. The number of aryl methyl sites for hydroxylation is 2. The summed E-state index contributed by atoms with van der Waals surface area (Å²) in [5, 5.41) is 24.2. The molecule has 2 aromatic heterocycles. The number of carboxylic acid groups (broad SMARTS) is 1. The van der Waals surface area contributed by atoms with Gasteiger partial charge in [-0.15, -0.1) is 10.2 Å². The fourth-order valence-corrected chi connectivity index (χ4v) is 3.24. The summed E-state index contributed by atoms with van der Waals surface area (Å²) >= 11 is 0. The minimum absolute atomic E-state index is 0.0493. The molecule has 2 N–H and O–H groups in total. The number of hydrogen-bond donors (Lipinski definition) is 2. The van der Waals surface area contributed by atoms with E-state index >= 15 is 0 Å². The highest BCUT2D eigenvalue weighted by atomic mass is 16.5. The molecule has 11 heteroatoms. The van der Waals surface area contributed by atoms with Crippen LogP contribution in [0.15, 0.2) is 49.1 Å². The summed E-state index contributed by atoms with van der Waals surface area (Å²) in [5.74, 6) is -0.851. The third-order valence-corrected chi connectivity index (χ3v) is 4.98. The van der Waals surface area contributed by atoms with Gasteiger partial charge < -0.3 is 14.4 Å². The normalized spacial score (nSPS) is 12.0. The second-order valence-electron chi connectivity index (χ2n) is 7.65. The summed E-state index contributed by atoms with van der Waals surface area (Å²) in [7, 11) is 0. The van der Waals surface area contributed by atoms with E-state index in [9.17, 15) is 9.59 Å². The number of nitrogens with zero attached hydrogens (tertiary/aromatic N) is 6. The van der Waals surface area contributed by atoms with Crippen LogP contribution >= 0.6 is 0 Å². The molecule has 0 aliphatic carbocycles. The summed E-state index contributed by atoms with van der Waals surface area (Å²) in [5.41, 5.74) is 0.987. The second kappa shape index (κ2) is 13.2. The number of benzene rings is 1.